The standard InChI is InChI=1S/C17H15Cl2N3O/c18-14-7-5-13(6-8-14)9-17(23,10-22-12-20-11-21-22)15-3-1-2-4-16(15)19/h1-8,11-12,23H,9-10H2. The van der Waals surface area contributed by atoms with Crippen molar-refractivity contribution in [2.75, 3.05) is 0 Å². The molecule has 0 spiro atoms. The van der Waals surface area contributed by atoms with Crippen molar-refractivity contribution in [2.45, 2.75) is 18.6 Å². The quantitative estimate of drug-likeness (QED) is 0.765. The average molecular weight is 348 g/mol. The highest BCUT2D eigenvalue weighted by molar-refractivity contribution is 6.31. The van der Waals surface area contributed by atoms with Gasteiger partial charge in [-0.15, -0.1) is 0 Å². The summed E-state index contributed by atoms with van der Waals surface area (Å²) in [6, 6.07) is 14.7. The predicted molar refractivity (Wildman–Crippen MR) is 90.5 cm³/mol. The molecule has 2 aromatic carbocycles. The molecule has 0 radical (unpaired) electrons. The summed E-state index contributed by atoms with van der Waals surface area (Å²) in [6.45, 7) is 0.249. The van der Waals surface area contributed by atoms with E-state index < -0.39 is 5.60 Å². The number of rotatable bonds is 5. The SMILES string of the molecule is OC(Cc1ccc(Cl)cc1)(Cn1cncn1)c1ccccc1Cl. The Kier molecular flexibility index (Phi) is 4.66. The highest BCUT2D eigenvalue weighted by Gasteiger charge is 2.32. The van der Waals surface area contributed by atoms with Crippen LogP contribution in [0.1, 0.15) is 11.1 Å². The number of benzene rings is 2. The van der Waals surface area contributed by atoms with E-state index >= 15 is 0 Å². The van der Waals surface area contributed by atoms with Gasteiger partial charge in [-0.25, -0.2) is 9.67 Å². The number of aromatic nitrogens is 3. The van der Waals surface area contributed by atoms with Gasteiger partial charge in [-0.2, -0.15) is 5.10 Å². The Hall–Kier alpha value is -1.88. The molecule has 1 aromatic heterocycles. The van der Waals surface area contributed by atoms with Crippen LogP contribution in [0.15, 0.2) is 61.2 Å². The zero-order valence-electron chi connectivity index (χ0n) is 12.2. The third-order valence-electron chi connectivity index (χ3n) is 3.68. The number of hydrogen-bond acceptors (Lipinski definition) is 3. The van der Waals surface area contributed by atoms with E-state index in [4.69, 9.17) is 23.2 Å². The Balaban J connectivity index is 1.99. The molecule has 0 saturated carbocycles. The van der Waals surface area contributed by atoms with E-state index in [9.17, 15) is 5.11 Å². The first kappa shape index (κ1) is 16.0. The van der Waals surface area contributed by atoms with E-state index in [1.54, 1.807) is 29.2 Å². The molecule has 4 nitrogen and oxygen atoms in total. The van der Waals surface area contributed by atoms with Crippen molar-refractivity contribution in [1.82, 2.24) is 14.8 Å². The normalized spacial score (nSPS) is 13.7. The topological polar surface area (TPSA) is 50.9 Å². The Morgan fingerprint density at radius 3 is 2.43 bits per heavy atom. The van der Waals surface area contributed by atoms with Crippen LogP contribution in [0.5, 0.6) is 0 Å². The second-order valence-corrected chi connectivity index (χ2v) is 6.25. The summed E-state index contributed by atoms with van der Waals surface area (Å²) in [5, 5.41) is 16.6. The van der Waals surface area contributed by atoms with Crippen LogP contribution in [-0.2, 0) is 18.6 Å². The summed E-state index contributed by atoms with van der Waals surface area (Å²) in [6.07, 6.45) is 3.40. The summed E-state index contributed by atoms with van der Waals surface area (Å²) in [7, 11) is 0. The molecule has 1 unspecified atom stereocenters. The maximum absolute atomic E-state index is 11.4. The largest absolute Gasteiger partial charge is 0.383 e. The highest BCUT2D eigenvalue weighted by Crippen LogP contribution is 2.33. The van der Waals surface area contributed by atoms with Crippen molar-refractivity contribution in [2.24, 2.45) is 0 Å². The molecule has 0 bridgehead atoms. The van der Waals surface area contributed by atoms with Crippen LogP contribution >= 0.6 is 23.2 Å². The zero-order valence-corrected chi connectivity index (χ0v) is 13.7. The van der Waals surface area contributed by atoms with Crippen LogP contribution in [0.2, 0.25) is 10.0 Å². The van der Waals surface area contributed by atoms with Crippen LogP contribution in [0, 0.1) is 0 Å². The number of aliphatic hydroxyl groups is 1. The summed E-state index contributed by atoms with van der Waals surface area (Å²) in [5.74, 6) is 0. The summed E-state index contributed by atoms with van der Waals surface area (Å²) >= 11 is 12.2. The average Bonchev–Trinajstić information content (AvgIpc) is 3.02. The smallest absolute Gasteiger partial charge is 0.137 e. The summed E-state index contributed by atoms with van der Waals surface area (Å²) < 4.78 is 1.60. The zero-order chi connectivity index (χ0) is 16.3. The predicted octanol–water partition coefficient (Wildman–Crippen LogP) is 3.72. The molecule has 1 heterocycles. The summed E-state index contributed by atoms with van der Waals surface area (Å²) in [4.78, 5) is 3.93. The van der Waals surface area contributed by atoms with Crippen LogP contribution in [-0.4, -0.2) is 19.9 Å². The molecular formula is C17H15Cl2N3O. The minimum Gasteiger partial charge on any atom is -0.383 e. The first-order valence-corrected chi connectivity index (χ1v) is 7.87. The lowest BCUT2D eigenvalue weighted by atomic mass is 9.87. The van der Waals surface area contributed by atoms with E-state index in [1.807, 2.05) is 30.3 Å². The molecule has 3 aromatic rings. The fourth-order valence-corrected chi connectivity index (χ4v) is 3.03. The molecular weight excluding hydrogens is 333 g/mol. The van der Waals surface area contributed by atoms with Gasteiger partial charge in [0.2, 0.25) is 0 Å². The van der Waals surface area contributed by atoms with Crippen molar-refractivity contribution in [3.05, 3.63) is 82.4 Å². The lowest BCUT2D eigenvalue weighted by Gasteiger charge is -2.29. The monoisotopic (exact) mass is 347 g/mol. The van der Waals surface area contributed by atoms with Gasteiger partial charge in [0.05, 0.1) is 6.54 Å². The lowest BCUT2D eigenvalue weighted by molar-refractivity contribution is 0.0152. The van der Waals surface area contributed by atoms with Crippen molar-refractivity contribution in [3.8, 4) is 0 Å². The number of halogens is 2. The minimum absolute atomic E-state index is 0.249. The van der Waals surface area contributed by atoms with Gasteiger partial charge in [0, 0.05) is 22.0 Å². The molecule has 0 aliphatic rings. The molecule has 0 amide bonds. The second kappa shape index (κ2) is 6.71. The van der Waals surface area contributed by atoms with Gasteiger partial charge in [0.15, 0.2) is 0 Å². The fraction of sp³-hybridized carbons (Fsp3) is 0.176. The maximum Gasteiger partial charge on any atom is 0.137 e. The van der Waals surface area contributed by atoms with E-state index in [0.717, 1.165) is 5.56 Å². The van der Waals surface area contributed by atoms with Gasteiger partial charge in [-0.3, -0.25) is 0 Å². The molecule has 3 rings (SSSR count). The van der Waals surface area contributed by atoms with Gasteiger partial charge >= 0.3 is 0 Å². The van der Waals surface area contributed by atoms with Gasteiger partial charge in [-0.1, -0.05) is 53.5 Å². The molecule has 1 N–H and O–H groups in total. The van der Waals surface area contributed by atoms with Crippen molar-refractivity contribution in [1.29, 1.82) is 0 Å². The lowest BCUT2D eigenvalue weighted by Crippen LogP contribution is -2.34. The first-order valence-electron chi connectivity index (χ1n) is 7.11. The van der Waals surface area contributed by atoms with Gasteiger partial charge < -0.3 is 5.11 Å². The van der Waals surface area contributed by atoms with Crippen molar-refractivity contribution < 1.29 is 5.11 Å². The molecule has 0 saturated heterocycles. The number of hydrogen-bond donors (Lipinski definition) is 1. The first-order chi connectivity index (χ1) is 11.1. The van der Waals surface area contributed by atoms with Gasteiger partial charge in [0.1, 0.15) is 18.3 Å². The second-order valence-electron chi connectivity index (χ2n) is 5.41. The van der Waals surface area contributed by atoms with Gasteiger partial charge in [0.25, 0.3) is 0 Å². The van der Waals surface area contributed by atoms with Gasteiger partial charge in [-0.05, 0) is 23.8 Å². The van der Waals surface area contributed by atoms with E-state index in [1.165, 1.54) is 6.33 Å². The Morgan fingerprint density at radius 2 is 1.78 bits per heavy atom. The minimum atomic E-state index is -1.21. The van der Waals surface area contributed by atoms with Crippen LogP contribution < -0.4 is 0 Å². The Labute approximate surface area is 144 Å². The summed E-state index contributed by atoms with van der Waals surface area (Å²) in [5.41, 5.74) is 0.406. The molecule has 0 aliphatic heterocycles. The van der Waals surface area contributed by atoms with E-state index in [-0.39, 0.29) is 6.54 Å². The maximum atomic E-state index is 11.4. The molecule has 0 aliphatic carbocycles. The van der Waals surface area contributed by atoms with E-state index in [2.05, 4.69) is 10.1 Å². The fourth-order valence-electron chi connectivity index (χ4n) is 2.60. The Morgan fingerprint density at radius 1 is 1.04 bits per heavy atom. The third kappa shape index (κ3) is 3.72. The van der Waals surface area contributed by atoms with E-state index in [0.29, 0.717) is 22.0 Å². The molecule has 23 heavy (non-hydrogen) atoms. The van der Waals surface area contributed by atoms with Crippen molar-refractivity contribution >= 4 is 23.2 Å². The highest BCUT2D eigenvalue weighted by atomic mass is 35.5. The molecule has 0 fully saturated rings. The van der Waals surface area contributed by atoms with Crippen LogP contribution in [0.4, 0.5) is 0 Å². The van der Waals surface area contributed by atoms with Crippen LogP contribution in [0.3, 0.4) is 0 Å². The number of nitrogens with zero attached hydrogens (tertiary/aromatic N) is 3. The van der Waals surface area contributed by atoms with Crippen LogP contribution in [0.25, 0.3) is 0 Å². The third-order valence-corrected chi connectivity index (χ3v) is 4.26. The van der Waals surface area contributed by atoms with Crippen molar-refractivity contribution in [3.63, 3.8) is 0 Å². The molecule has 1 atom stereocenters. The Bertz CT molecular complexity index is 775. The molecule has 6 heteroatoms. The molecule has 118 valence electrons.